The van der Waals surface area contributed by atoms with Crippen LogP contribution in [-0.4, -0.2) is 32.6 Å². The van der Waals surface area contributed by atoms with Crippen LogP contribution in [0.5, 0.6) is 0 Å². The summed E-state index contributed by atoms with van der Waals surface area (Å²) in [4.78, 5) is 14.0. The lowest BCUT2D eigenvalue weighted by molar-refractivity contribution is -0.121. The molecule has 1 amide bonds. The van der Waals surface area contributed by atoms with E-state index in [1.165, 1.54) is 5.56 Å². The van der Waals surface area contributed by atoms with Crippen LogP contribution in [0, 0.1) is 12.8 Å². The number of hydrogen-bond donors (Lipinski definition) is 2. The number of anilines is 2. The fraction of sp³-hybridized carbons (Fsp3) is 0.562. The van der Waals surface area contributed by atoms with Crippen molar-refractivity contribution in [1.29, 1.82) is 0 Å². The van der Waals surface area contributed by atoms with Crippen molar-refractivity contribution in [2.75, 3.05) is 30.9 Å². The molecule has 0 aliphatic heterocycles. The van der Waals surface area contributed by atoms with Crippen molar-refractivity contribution in [2.24, 2.45) is 5.92 Å². The normalized spacial score (nSPS) is 12.2. The third-order valence-corrected chi connectivity index (χ3v) is 3.15. The third kappa shape index (κ3) is 4.76. The molecule has 4 heteroatoms. The van der Waals surface area contributed by atoms with Crippen molar-refractivity contribution < 1.29 is 4.79 Å². The van der Waals surface area contributed by atoms with Crippen LogP contribution >= 0.6 is 0 Å². The number of amides is 1. The zero-order valence-corrected chi connectivity index (χ0v) is 13.4. The molecular weight excluding hydrogens is 250 g/mol. The van der Waals surface area contributed by atoms with Crippen LogP contribution < -0.4 is 15.5 Å². The molecule has 0 heterocycles. The van der Waals surface area contributed by atoms with Crippen molar-refractivity contribution in [2.45, 2.75) is 33.7 Å². The van der Waals surface area contributed by atoms with Gasteiger partial charge in [-0.1, -0.05) is 19.9 Å². The van der Waals surface area contributed by atoms with Gasteiger partial charge < -0.3 is 15.5 Å². The summed E-state index contributed by atoms with van der Waals surface area (Å²) in [6.45, 7) is 8.84. The van der Waals surface area contributed by atoms with E-state index in [4.69, 9.17) is 0 Å². The minimum Gasteiger partial charge on any atom is -0.377 e. The highest BCUT2D eigenvalue weighted by Gasteiger charge is 2.13. The molecular formula is C16H27N3O. The Morgan fingerprint density at radius 3 is 2.45 bits per heavy atom. The number of aryl methyl sites for hydroxylation is 1. The largest absolute Gasteiger partial charge is 0.377 e. The van der Waals surface area contributed by atoms with Gasteiger partial charge in [-0.2, -0.15) is 0 Å². The van der Waals surface area contributed by atoms with Crippen molar-refractivity contribution >= 4 is 17.3 Å². The molecule has 4 nitrogen and oxygen atoms in total. The van der Waals surface area contributed by atoms with Gasteiger partial charge in [0.05, 0.1) is 0 Å². The number of hydrogen-bond acceptors (Lipinski definition) is 3. The number of carbonyl (C=O) groups excluding carboxylic acids is 1. The molecule has 20 heavy (non-hydrogen) atoms. The molecule has 0 aliphatic rings. The van der Waals surface area contributed by atoms with Gasteiger partial charge in [0.2, 0.25) is 5.91 Å². The summed E-state index contributed by atoms with van der Waals surface area (Å²) in [6, 6.07) is 5.90. The Balaban J connectivity index is 2.68. The van der Waals surface area contributed by atoms with Gasteiger partial charge >= 0.3 is 0 Å². The lowest BCUT2D eigenvalue weighted by Gasteiger charge is -2.20. The van der Waals surface area contributed by atoms with Crippen molar-refractivity contribution in [3.05, 3.63) is 23.8 Å². The summed E-state index contributed by atoms with van der Waals surface area (Å²) < 4.78 is 0. The summed E-state index contributed by atoms with van der Waals surface area (Å²) in [7, 11) is 4.04. The van der Waals surface area contributed by atoms with Crippen molar-refractivity contribution in [1.82, 2.24) is 5.32 Å². The average molecular weight is 277 g/mol. The molecule has 112 valence electrons. The molecule has 0 aliphatic carbocycles. The van der Waals surface area contributed by atoms with Gasteiger partial charge in [-0.3, -0.25) is 4.79 Å². The number of carbonyl (C=O) groups is 1. The van der Waals surface area contributed by atoms with Gasteiger partial charge in [0.1, 0.15) is 6.04 Å². The number of benzene rings is 1. The Bertz CT molecular complexity index is 455. The number of rotatable bonds is 6. The molecule has 0 saturated heterocycles. The Kier molecular flexibility index (Phi) is 5.86. The monoisotopic (exact) mass is 277 g/mol. The Hall–Kier alpha value is -1.71. The molecule has 0 saturated carbocycles. The second-order valence-corrected chi connectivity index (χ2v) is 5.90. The highest BCUT2D eigenvalue weighted by molar-refractivity contribution is 5.84. The fourth-order valence-corrected chi connectivity index (χ4v) is 1.95. The van der Waals surface area contributed by atoms with E-state index in [2.05, 4.69) is 48.4 Å². The van der Waals surface area contributed by atoms with Gasteiger partial charge in [-0.25, -0.2) is 0 Å². The molecule has 0 fully saturated rings. The smallest absolute Gasteiger partial charge is 0.242 e. The molecule has 1 aromatic carbocycles. The van der Waals surface area contributed by atoms with Gasteiger partial charge in [0.15, 0.2) is 0 Å². The van der Waals surface area contributed by atoms with Crippen LogP contribution in [-0.2, 0) is 4.79 Å². The maximum Gasteiger partial charge on any atom is 0.242 e. The van der Waals surface area contributed by atoms with Gasteiger partial charge in [-0.05, 0) is 37.5 Å². The molecule has 0 spiro atoms. The predicted molar refractivity (Wildman–Crippen MR) is 86.4 cm³/mol. The minimum absolute atomic E-state index is 0.0330. The van der Waals surface area contributed by atoms with E-state index in [0.29, 0.717) is 12.5 Å². The summed E-state index contributed by atoms with van der Waals surface area (Å²) in [5, 5.41) is 6.19. The van der Waals surface area contributed by atoms with E-state index in [1.54, 1.807) is 0 Å². The first-order valence-corrected chi connectivity index (χ1v) is 7.13. The van der Waals surface area contributed by atoms with Crippen LogP contribution in [0.2, 0.25) is 0 Å². The predicted octanol–water partition coefficient (Wildman–Crippen LogP) is 2.63. The van der Waals surface area contributed by atoms with Gasteiger partial charge in [0, 0.05) is 32.0 Å². The van der Waals surface area contributed by atoms with E-state index >= 15 is 0 Å². The Morgan fingerprint density at radius 1 is 1.25 bits per heavy atom. The lowest BCUT2D eigenvalue weighted by atomic mass is 10.1. The summed E-state index contributed by atoms with van der Waals surface area (Å²) in [5.74, 6) is 0.497. The molecule has 2 N–H and O–H groups in total. The maximum atomic E-state index is 12.0. The second kappa shape index (κ2) is 7.17. The highest BCUT2D eigenvalue weighted by Crippen LogP contribution is 2.22. The molecule has 0 bridgehead atoms. The average Bonchev–Trinajstić information content (AvgIpc) is 2.37. The van der Waals surface area contributed by atoms with E-state index in [1.807, 2.05) is 27.1 Å². The third-order valence-electron chi connectivity index (χ3n) is 3.15. The van der Waals surface area contributed by atoms with Crippen LogP contribution in [0.1, 0.15) is 26.3 Å². The van der Waals surface area contributed by atoms with Gasteiger partial charge in [0.25, 0.3) is 0 Å². The topological polar surface area (TPSA) is 44.4 Å². The SMILES string of the molecule is Cc1ccc(NC(C)C(=O)NCC(C)C)cc1N(C)C. The van der Waals surface area contributed by atoms with Crippen LogP contribution in [0.15, 0.2) is 18.2 Å². The molecule has 0 aromatic heterocycles. The first-order chi connectivity index (χ1) is 9.31. The number of nitrogens with one attached hydrogen (secondary N) is 2. The highest BCUT2D eigenvalue weighted by atomic mass is 16.2. The molecule has 0 radical (unpaired) electrons. The molecule has 1 unspecified atom stereocenters. The van der Waals surface area contributed by atoms with Crippen molar-refractivity contribution in [3.8, 4) is 0 Å². The lowest BCUT2D eigenvalue weighted by Crippen LogP contribution is -2.39. The van der Waals surface area contributed by atoms with Crippen LogP contribution in [0.25, 0.3) is 0 Å². The van der Waals surface area contributed by atoms with Crippen molar-refractivity contribution in [3.63, 3.8) is 0 Å². The molecule has 1 atom stereocenters. The first kappa shape index (κ1) is 16.3. The van der Waals surface area contributed by atoms with E-state index in [0.717, 1.165) is 11.4 Å². The Labute approximate surface area is 122 Å². The summed E-state index contributed by atoms with van der Waals surface area (Å²) >= 11 is 0. The fourth-order valence-electron chi connectivity index (χ4n) is 1.95. The summed E-state index contributed by atoms with van der Waals surface area (Å²) in [6.07, 6.45) is 0. The maximum absolute atomic E-state index is 12.0. The summed E-state index contributed by atoms with van der Waals surface area (Å²) in [5.41, 5.74) is 3.34. The zero-order chi connectivity index (χ0) is 15.3. The minimum atomic E-state index is -0.244. The van der Waals surface area contributed by atoms with E-state index < -0.39 is 0 Å². The molecule has 1 rings (SSSR count). The standard InChI is InChI=1S/C16H27N3O/c1-11(2)10-17-16(20)13(4)18-14-8-7-12(3)15(9-14)19(5)6/h7-9,11,13,18H,10H2,1-6H3,(H,17,20). The molecule has 1 aromatic rings. The first-order valence-electron chi connectivity index (χ1n) is 7.13. The van der Waals surface area contributed by atoms with E-state index in [-0.39, 0.29) is 11.9 Å². The Morgan fingerprint density at radius 2 is 1.90 bits per heavy atom. The van der Waals surface area contributed by atoms with Gasteiger partial charge in [-0.15, -0.1) is 0 Å². The van der Waals surface area contributed by atoms with E-state index in [9.17, 15) is 4.79 Å². The quantitative estimate of drug-likeness (QED) is 0.840. The second-order valence-electron chi connectivity index (χ2n) is 5.90. The zero-order valence-electron chi connectivity index (χ0n) is 13.4. The van der Waals surface area contributed by atoms with Crippen LogP contribution in [0.4, 0.5) is 11.4 Å². The number of nitrogens with zero attached hydrogens (tertiary/aromatic N) is 1. The van der Waals surface area contributed by atoms with Crippen LogP contribution in [0.3, 0.4) is 0 Å².